The molecule has 2 fully saturated rings. The van der Waals surface area contributed by atoms with E-state index in [0.717, 1.165) is 12.1 Å². The highest BCUT2D eigenvalue weighted by molar-refractivity contribution is 7.89. The summed E-state index contributed by atoms with van der Waals surface area (Å²) in [5.74, 6) is 0.0355. The predicted molar refractivity (Wildman–Crippen MR) is 72.0 cm³/mol. The lowest BCUT2D eigenvalue weighted by atomic mass is 9.95. The fourth-order valence-corrected chi connectivity index (χ4v) is 4.74. The van der Waals surface area contributed by atoms with Gasteiger partial charge in [0.05, 0.1) is 11.0 Å². The van der Waals surface area contributed by atoms with Gasteiger partial charge in [0.1, 0.15) is 0 Å². The molecule has 2 rings (SSSR count). The molecular weight excluding hydrogens is 268 g/mol. The molecule has 0 bridgehead atoms. The van der Waals surface area contributed by atoms with Crippen LogP contribution in [0.2, 0.25) is 0 Å². The van der Waals surface area contributed by atoms with Gasteiger partial charge in [0.2, 0.25) is 10.0 Å². The Morgan fingerprint density at radius 1 is 1.42 bits per heavy atom. The van der Waals surface area contributed by atoms with E-state index in [1.54, 1.807) is 4.31 Å². The first-order valence-corrected chi connectivity index (χ1v) is 8.37. The van der Waals surface area contributed by atoms with Crippen LogP contribution in [0.3, 0.4) is 0 Å². The summed E-state index contributed by atoms with van der Waals surface area (Å²) < 4.78 is 31.9. The molecule has 2 aliphatic rings. The summed E-state index contributed by atoms with van der Waals surface area (Å²) in [6.45, 7) is 3.90. The van der Waals surface area contributed by atoms with Gasteiger partial charge in [-0.3, -0.25) is 0 Å². The normalized spacial score (nSPS) is 29.7. The van der Waals surface area contributed by atoms with Crippen LogP contribution < -0.4 is 0 Å². The summed E-state index contributed by atoms with van der Waals surface area (Å²) in [6, 6.07) is 0. The highest BCUT2D eigenvalue weighted by Gasteiger charge is 2.37. The van der Waals surface area contributed by atoms with E-state index in [4.69, 9.17) is 9.94 Å². The monoisotopic (exact) mass is 290 g/mol. The molecule has 110 valence electrons. The maximum absolute atomic E-state index is 12.6. The second-order valence-electron chi connectivity index (χ2n) is 5.16. The topological polar surface area (TPSA) is 79.2 Å². The molecule has 6 nitrogen and oxygen atoms in total. The number of ether oxygens (including phenoxy) is 1. The van der Waals surface area contributed by atoms with E-state index in [0.29, 0.717) is 45.6 Å². The lowest BCUT2D eigenvalue weighted by Gasteiger charge is -2.35. The van der Waals surface area contributed by atoms with E-state index < -0.39 is 10.0 Å². The molecule has 1 N–H and O–H groups in total. The van der Waals surface area contributed by atoms with Crippen LogP contribution in [0, 0.1) is 5.92 Å². The standard InChI is InChI=1S/C12H22N2O4S/c1-2-10-9-14(6-3-12(10)13-15)19(16,17)11-4-7-18-8-5-11/h10-11,15H,2-9H2,1H3. The van der Waals surface area contributed by atoms with Gasteiger partial charge in [-0.15, -0.1) is 0 Å². The maximum atomic E-state index is 12.6. The maximum Gasteiger partial charge on any atom is 0.217 e. The number of oxime groups is 1. The van der Waals surface area contributed by atoms with E-state index >= 15 is 0 Å². The summed E-state index contributed by atoms with van der Waals surface area (Å²) in [7, 11) is -3.24. The highest BCUT2D eigenvalue weighted by Crippen LogP contribution is 2.25. The molecule has 0 aliphatic carbocycles. The van der Waals surface area contributed by atoms with Gasteiger partial charge in [-0.25, -0.2) is 12.7 Å². The SMILES string of the molecule is CCC1CN(S(=O)(=O)C2CCOCC2)CCC1=NO. The molecule has 0 aromatic carbocycles. The lowest BCUT2D eigenvalue weighted by molar-refractivity contribution is 0.0970. The zero-order chi connectivity index (χ0) is 13.9. The minimum Gasteiger partial charge on any atom is -0.411 e. The molecule has 0 aromatic heterocycles. The minimum atomic E-state index is -3.24. The molecule has 0 aromatic rings. The fraction of sp³-hybridized carbons (Fsp3) is 0.917. The van der Waals surface area contributed by atoms with E-state index in [9.17, 15) is 8.42 Å². The van der Waals surface area contributed by atoms with Crippen molar-refractivity contribution in [2.24, 2.45) is 11.1 Å². The van der Waals surface area contributed by atoms with Gasteiger partial charge in [-0.05, 0) is 19.3 Å². The average molecular weight is 290 g/mol. The Morgan fingerprint density at radius 3 is 2.68 bits per heavy atom. The van der Waals surface area contributed by atoms with Crippen molar-refractivity contribution >= 4 is 15.7 Å². The van der Waals surface area contributed by atoms with Crippen molar-refractivity contribution in [3.8, 4) is 0 Å². The molecule has 2 aliphatic heterocycles. The van der Waals surface area contributed by atoms with Crippen molar-refractivity contribution in [1.82, 2.24) is 4.31 Å². The summed E-state index contributed by atoms with van der Waals surface area (Å²) in [5.41, 5.74) is 0.723. The van der Waals surface area contributed by atoms with Gasteiger partial charge in [-0.1, -0.05) is 12.1 Å². The van der Waals surface area contributed by atoms with Crippen molar-refractivity contribution in [2.45, 2.75) is 37.9 Å². The predicted octanol–water partition coefficient (Wildman–Crippen LogP) is 1.06. The first kappa shape index (κ1) is 14.7. The largest absolute Gasteiger partial charge is 0.411 e. The number of piperidine rings is 1. The van der Waals surface area contributed by atoms with Crippen LogP contribution in [0.5, 0.6) is 0 Å². The Kier molecular flexibility index (Phi) is 4.81. The Labute approximate surface area is 114 Å². The number of hydrogen-bond acceptors (Lipinski definition) is 5. The fourth-order valence-electron chi connectivity index (χ4n) is 2.80. The average Bonchev–Trinajstić information content (AvgIpc) is 2.47. The van der Waals surface area contributed by atoms with Crippen LogP contribution in [0.4, 0.5) is 0 Å². The van der Waals surface area contributed by atoms with Gasteiger partial charge in [0.25, 0.3) is 0 Å². The Balaban J connectivity index is 2.09. The Morgan fingerprint density at radius 2 is 2.11 bits per heavy atom. The second kappa shape index (κ2) is 6.19. The zero-order valence-electron chi connectivity index (χ0n) is 11.3. The third-order valence-corrected chi connectivity index (χ3v) is 6.45. The van der Waals surface area contributed by atoms with Gasteiger partial charge in [0, 0.05) is 38.6 Å². The van der Waals surface area contributed by atoms with Crippen LogP contribution in [0.1, 0.15) is 32.6 Å². The Bertz CT molecular complexity index is 429. The van der Waals surface area contributed by atoms with E-state index in [1.807, 2.05) is 6.92 Å². The van der Waals surface area contributed by atoms with Crippen LogP contribution in [-0.2, 0) is 14.8 Å². The summed E-state index contributed by atoms with van der Waals surface area (Å²) in [6.07, 6.45) is 2.48. The van der Waals surface area contributed by atoms with E-state index in [2.05, 4.69) is 5.16 Å². The van der Waals surface area contributed by atoms with Gasteiger partial charge >= 0.3 is 0 Å². The summed E-state index contributed by atoms with van der Waals surface area (Å²) in [4.78, 5) is 0. The summed E-state index contributed by atoms with van der Waals surface area (Å²) >= 11 is 0. The molecule has 19 heavy (non-hydrogen) atoms. The highest BCUT2D eigenvalue weighted by atomic mass is 32.2. The zero-order valence-corrected chi connectivity index (χ0v) is 12.1. The van der Waals surface area contributed by atoms with Crippen LogP contribution in [-0.4, -0.2) is 55.2 Å². The molecule has 2 heterocycles. The van der Waals surface area contributed by atoms with Crippen molar-refractivity contribution in [3.05, 3.63) is 0 Å². The molecule has 0 saturated carbocycles. The van der Waals surface area contributed by atoms with Gasteiger partial charge in [0.15, 0.2) is 0 Å². The number of sulfonamides is 1. The van der Waals surface area contributed by atoms with Crippen molar-refractivity contribution in [1.29, 1.82) is 0 Å². The van der Waals surface area contributed by atoms with Gasteiger partial charge < -0.3 is 9.94 Å². The molecule has 1 unspecified atom stereocenters. The van der Waals surface area contributed by atoms with Crippen LogP contribution in [0.25, 0.3) is 0 Å². The first-order valence-electron chi connectivity index (χ1n) is 6.87. The van der Waals surface area contributed by atoms with Crippen LogP contribution >= 0.6 is 0 Å². The summed E-state index contributed by atoms with van der Waals surface area (Å²) in [5, 5.41) is 11.9. The first-order chi connectivity index (χ1) is 9.09. The number of nitrogens with zero attached hydrogens (tertiary/aromatic N) is 2. The minimum absolute atomic E-state index is 0.0355. The van der Waals surface area contributed by atoms with Crippen molar-refractivity contribution in [2.75, 3.05) is 26.3 Å². The lowest BCUT2D eigenvalue weighted by Crippen LogP contribution is -2.48. The number of hydrogen-bond donors (Lipinski definition) is 1. The van der Waals surface area contributed by atoms with Gasteiger partial charge in [-0.2, -0.15) is 0 Å². The smallest absolute Gasteiger partial charge is 0.217 e. The third-order valence-electron chi connectivity index (χ3n) is 4.08. The van der Waals surface area contributed by atoms with Crippen LogP contribution in [0.15, 0.2) is 5.16 Å². The Hall–Kier alpha value is -0.660. The number of rotatable bonds is 3. The molecule has 2 saturated heterocycles. The second-order valence-corrected chi connectivity index (χ2v) is 7.37. The molecule has 0 spiro atoms. The molecule has 0 radical (unpaired) electrons. The molecular formula is C12H22N2O4S. The van der Waals surface area contributed by atoms with Crippen molar-refractivity contribution < 1.29 is 18.4 Å². The van der Waals surface area contributed by atoms with E-state index in [1.165, 1.54) is 0 Å². The molecule has 1 atom stereocenters. The molecule has 7 heteroatoms. The van der Waals surface area contributed by atoms with E-state index in [-0.39, 0.29) is 11.2 Å². The quantitative estimate of drug-likeness (QED) is 0.622. The molecule has 0 amide bonds. The third kappa shape index (κ3) is 3.09. The van der Waals surface area contributed by atoms with Crippen molar-refractivity contribution in [3.63, 3.8) is 0 Å².